The zero-order valence-electron chi connectivity index (χ0n) is 9.41. The molecule has 0 saturated heterocycles. The van der Waals surface area contributed by atoms with Crippen LogP contribution in [-0.2, 0) is 6.54 Å². The van der Waals surface area contributed by atoms with E-state index in [4.69, 9.17) is 5.73 Å². The Morgan fingerprint density at radius 2 is 2.07 bits per heavy atom. The van der Waals surface area contributed by atoms with Crippen LogP contribution >= 0.6 is 0 Å². The molecule has 0 amide bonds. The van der Waals surface area contributed by atoms with E-state index in [2.05, 4.69) is 38.0 Å². The predicted octanol–water partition coefficient (Wildman–Crippen LogP) is 1.54. The fraction of sp³-hybridized carbons (Fsp3) is 0.700. The lowest BCUT2D eigenvalue weighted by molar-refractivity contribution is 0.578. The van der Waals surface area contributed by atoms with Gasteiger partial charge in [0.2, 0.25) is 5.95 Å². The average molecular weight is 196 g/mol. The van der Waals surface area contributed by atoms with Crippen molar-refractivity contribution in [1.29, 1.82) is 0 Å². The molecule has 0 aliphatic heterocycles. The number of nitrogens with one attached hydrogen (secondary N) is 1. The highest BCUT2D eigenvalue weighted by Crippen LogP contribution is 2.12. The van der Waals surface area contributed by atoms with Crippen LogP contribution in [0.5, 0.6) is 0 Å². The monoisotopic (exact) mass is 196 g/mol. The highest BCUT2D eigenvalue weighted by molar-refractivity contribution is 5.22. The van der Waals surface area contributed by atoms with Crippen molar-refractivity contribution in [3.8, 4) is 0 Å². The zero-order valence-corrected chi connectivity index (χ0v) is 9.41. The van der Waals surface area contributed by atoms with Crippen LogP contribution in [0.15, 0.2) is 6.20 Å². The summed E-state index contributed by atoms with van der Waals surface area (Å²) in [5.74, 6) is 0.598. The number of nitrogens with two attached hydrogens (primary N) is 1. The number of imidazole rings is 1. The van der Waals surface area contributed by atoms with Gasteiger partial charge in [0, 0.05) is 24.8 Å². The summed E-state index contributed by atoms with van der Waals surface area (Å²) >= 11 is 0. The number of nitrogens with zero attached hydrogens (tertiary/aromatic N) is 2. The molecule has 0 aromatic carbocycles. The van der Waals surface area contributed by atoms with E-state index in [-0.39, 0.29) is 0 Å². The summed E-state index contributed by atoms with van der Waals surface area (Å²) < 4.78 is 1.98. The summed E-state index contributed by atoms with van der Waals surface area (Å²) in [6.45, 7) is 9.20. The Morgan fingerprint density at radius 3 is 2.50 bits per heavy atom. The van der Waals surface area contributed by atoms with Gasteiger partial charge in [0.25, 0.3) is 0 Å². The quantitative estimate of drug-likeness (QED) is 0.768. The lowest BCUT2D eigenvalue weighted by atomic mass is 10.3. The van der Waals surface area contributed by atoms with Gasteiger partial charge in [0.1, 0.15) is 0 Å². The first-order valence-electron chi connectivity index (χ1n) is 5.07. The van der Waals surface area contributed by atoms with Gasteiger partial charge in [-0.3, -0.25) is 0 Å². The molecule has 0 saturated carbocycles. The standard InChI is InChI=1S/C10H20N4/c1-7(2)12-5-9-6-14(8(3)4)10(11)13-9/h6-8,12H,5H2,1-4H3,(H2,11,13). The Bertz CT molecular complexity index is 288. The van der Waals surface area contributed by atoms with E-state index < -0.39 is 0 Å². The Labute approximate surface area is 85.5 Å². The molecule has 0 spiro atoms. The van der Waals surface area contributed by atoms with Crippen LogP contribution in [0.4, 0.5) is 5.95 Å². The first-order chi connectivity index (χ1) is 6.50. The minimum Gasteiger partial charge on any atom is -0.369 e. The fourth-order valence-electron chi connectivity index (χ4n) is 1.27. The highest BCUT2D eigenvalue weighted by atomic mass is 15.2. The van der Waals surface area contributed by atoms with Crippen LogP contribution in [0, 0.1) is 0 Å². The number of rotatable bonds is 4. The molecule has 0 unspecified atom stereocenters. The molecule has 0 fully saturated rings. The van der Waals surface area contributed by atoms with Gasteiger partial charge in [-0.05, 0) is 13.8 Å². The van der Waals surface area contributed by atoms with Crippen LogP contribution in [-0.4, -0.2) is 15.6 Å². The molecule has 0 aliphatic carbocycles. The van der Waals surface area contributed by atoms with Gasteiger partial charge in [-0.15, -0.1) is 0 Å². The molecule has 4 heteroatoms. The van der Waals surface area contributed by atoms with Gasteiger partial charge >= 0.3 is 0 Å². The fourth-order valence-corrected chi connectivity index (χ4v) is 1.27. The third-order valence-corrected chi connectivity index (χ3v) is 2.06. The topological polar surface area (TPSA) is 55.9 Å². The predicted molar refractivity (Wildman–Crippen MR) is 59.0 cm³/mol. The first kappa shape index (κ1) is 11.0. The Hall–Kier alpha value is -1.03. The van der Waals surface area contributed by atoms with Crippen molar-refractivity contribution >= 4 is 5.95 Å². The second-order valence-electron chi connectivity index (χ2n) is 4.13. The molecule has 1 aromatic heterocycles. The van der Waals surface area contributed by atoms with Gasteiger partial charge in [0.05, 0.1) is 5.69 Å². The highest BCUT2D eigenvalue weighted by Gasteiger charge is 2.07. The van der Waals surface area contributed by atoms with Gasteiger partial charge in [0.15, 0.2) is 0 Å². The Kier molecular flexibility index (Phi) is 3.52. The summed E-state index contributed by atoms with van der Waals surface area (Å²) in [6, 6.07) is 0.843. The summed E-state index contributed by atoms with van der Waals surface area (Å²) in [4.78, 5) is 4.28. The molecule has 0 radical (unpaired) electrons. The van der Waals surface area contributed by atoms with E-state index in [0.29, 0.717) is 18.0 Å². The number of nitrogen functional groups attached to an aromatic ring is 1. The van der Waals surface area contributed by atoms with E-state index in [1.54, 1.807) is 0 Å². The summed E-state index contributed by atoms with van der Waals surface area (Å²) in [5.41, 5.74) is 6.78. The number of anilines is 1. The van der Waals surface area contributed by atoms with Gasteiger partial charge in [-0.2, -0.15) is 0 Å². The molecule has 3 N–H and O–H groups in total. The van der Waals surface area contributed by atoms with Crippen molar-refractivity contribution in [1.82, 2.24) is 14.9 Å². The van der Waals surface area contributed by atoms with Crippen molar-refractivity contribution in [2.45, 2.75) is 46.3 Å². The Morgan fingerprint density at radius 1 is 1.43 bits per heavy atom. The van der Waals surface area contributed by atoms with Crippen LogP contribution in [0.2, 0.25) is 0 Å². The third-order valence-electron chi connectivity index (χ3n) is 2.06. The Balaban J connectivity index is 2.66. The van der Waals surface area contributed by atoms with Crippen LogP contribution in [0.1, 0.15) is 39.4 Å². The molecule has 4 nitrogen and oxygen atoms in total. The number of hydrogen-bond donors (Lipinski definition) is 2. The molecule has 0 bridgehead atoms. The molecular weight excluding hydrogens is 176 g/mol. The summed E-state index contributed by atoms with van der Waals surface area (Å²) in [5, 5.41) is 3.31. The largest absolute Gasteiger partial charge is 0.369 e. The molecule has 1 aromatic rings. The van der Waals surface area contributed by atoms with Crippen molar-refractivity contribution in [3.05, 3.63) is 11.9 Å². The van der Waals surface area contributed by atoms with E-state index >= 15 is 0 Å². The maximum Gasteiger partial charge on any atom is 0.200 e. The lowest BCUT2D eigenvalue weighted by Crippen LogP contribution is -2.21. The maximum atomic E-state index is 5.77. The molecule has 14 heavy (non-hydrogen) atoms. The first-order valence-corrected chi connectivity index (χ1v) is 5.07. The SMILES string of the molecule is CC(C)NCc1cn(C(C)C)c(N)n1. The minimum absolute atomic E-state index is 0.371. The van der Waals surface area contributed by atoms with Crippen molar-refractivity contribution in [2.24, 2.45) is 0 Å². The minimum atomic E-state index is 0.371. The van der Waals surface area contributed by atoms with Gasteiger partial charge in [-0.25, -0.2) is 4.98 Å². The van der Waals surface area contributed by atoms with Crippen molar-refractivity contribution in [3.63, 3.8) is 0 Å². The van der Waals surface area contributed by atoms with Gasteiger partial charge in [-0.1, -0.05) is 13.8 Å². The van der Waals surface area contributed by atoms with Gasteiger partial charge < -0.3 is 15.6 Å². The van der Waals surface area contributed by atoms with Crippen molar-refractivity contribution < 1.29 is 0 Å². The maximum absolute atomic E-state index is 5.77. The van der Waals surface area contributed by atoms with E-state index in [1.165, 1.54) is 0 Å². The van der Waals surface area contributed by atoms with E-state index in [1.807, 2.05) is 10.8 Å². The van der Waals surface area contributed by atoms with Crippen LogP contribution in [0.25, 0.3) is 0 Å². The normalized spacial score (nSPS) is 11.6. The van der Waals surface area contributed by atoms with E-state index in [0.717, 1.165) is 12.2 Å². The number of aromatic nitrogens is 2. The molecular formula is C10H20N4. The average Bonchev–Trinajstić information content (AvgIpc) is 2.43. The van der Waals surface area contributed by atoms with Crippen LogP contribution in [0.3, 0.4) is 0 Å². The molecule has 1 heterocycles. The van der Waals surface area contributed by atoms with Crippen molar-refractivity contribution in [2.75, 3.05) is 5.73 Å². The molecule has 0 aliphatic rings. The molecule has 0 atom stereocenters. The smallest absolute Gasteiger partial charge is 0.200 e. The molecule has 80 valence electrons. The summed E-state index contributed by atoms with van der Waals surface area (Å²) in [6.07, 6.45) is 2.01. The third kappa shape index (κ3) is 2.73. The second-order valence-corrected chi connectivity index (χ2v) is 4.13. The van der Waals surface area contributed by atoms with Crippen LogP contribution < -0.4 is 11.1 Å². The zero-order chi connectivity index (χ0) is 10.7. The van der Waals surface area contributed by atoms with E-state index in [9.17, 15) is 0 Å². The number of hydrogen-bond acceptors (Lipinski definition) is 3. The second kappa shape index (κ2) is 4.46. The molecule has 1 rings (SSSR count). The summed E-state index contributed by atoms with van der Waals surface area (Å²) in [7, 11) is 0. The lowest BCUT2D eigenvalue weighted by Gasteiger charge is -2.07.